The van der Waals surface area contributed by atoms with Crippen molar-refractivity contribution in [3.05, 3.63) is 102 Å². The average Bonchev–Trinajstić information content (AvgIpc) is 3.04. The van der Waals surface area contributed by atoms with Crippen molar-refractivity contribution in [2.45, 2.75) is 72.1 Å². The second-order valence-electron chi connectivity index (χ2n) is 11.2. The molecule has 4 nitrogen and oxygen atoms in total. The van der Waals surface area contributed by atoms with Crippen LogP contribution in [0.4, 0.5) is 0 Å². The molecule has 0 unspecified atom stereocenters. The van der Waals surface area contributed by atoms with Crippen molar-refractivity contribution in [1.82, 2.24) is 0 Å². The van der Waals surface area contributed by atoms with Crippen LogP contribution in [0.15, 0.2) is 91.0 Å². The van der Waals surface area contributed by atoms with Gasteiger partial charge in [-0.15, -0.1) is 0 Å². The molecule has 4 aromatic carbocycles. The van der Waals surface area contributed by atoms with Crippen LogP contribution in [-0.4, -0.2) is 30.6 Å². The van der Waals surface area contributed by atoms with E-state index in [1.165, 1.54) is 74.8 Å². The second-order valence-corrected chi connectivity index (χ2v) is 15.2. The van der Waals surface area contributed by atoms with Crippen LogP contribution in [0.3, 0.4) is 0 Å². The molecule has 232 valence electrons. The van der Waals surface area contributed by atoms with E-state index in [0.29, 0.717) is 12.0 Å². The number of phenols is 2. The van der Waals surface area contributed by atoms with Gasteiger partial charge in [0, 0.05) is 0 Å². The van der Waals surface area contributed by atoms with Gasteiger partial charge in [-0.05, 0) is 6.92 Å². The normalized spacial score (nSPS) is 11.5. The van der Waals surface area contributed by atoms with Gasteiger partial charge in [0.15, 0.2) is 5.75 Å². The summed E-state index contributed by atoms with van der Waals surface area (Å²) in [7, 11) is 0.814. The Morgan fingerprint density at radius 2 is 0.907 bits per heavy atom. The number of benzene rings is 4. The minimum absolute atomic E-state index is 0. The second kappa shape index (κ2) is 17.0. The number of methoxy groups -OCH3 is 2. The van der Waals surface area contributed by atoms with Crippen molar-refractivity contribution in [3.63, 3.8) is 0 Å². The van der Waals surface area contributed by atoms with E-state index < -0.39 is 7.26 Å². The van der Waals surface area contributed by atoms with E-state index >= 15 is 0 Å². The van der Waals surface area contributed by atoms with Crippen molar-refractivity contribution in [2.75, 3.05) is 20.4 Å². The fourth-order valence-corrected chi connectivity index (χ4v) is 11.3. The molecule has 0 spiro atoms. The molecule has 43 heavy (non-hydrogen) atoms. The predicted octanol–water partition coefficient (Wildman–Crippen LogP) is 8.45. The molecule has 5 heteroatoms. The molecule has 0 fully saturated rings. The van der Waals surface area contributed by atoms with E-state index in [0.717, 1.165) is 18.4 Å². The molecule has 0 saturated carbocycles. The van der Waals surface area contributed by atoms with E-state index in [1.807, 2.05) is 6.92 Å². The van der Waals surface area contributed by atoms with Crippen LogP contribution in [0.25, 0.3) is 0 Å². The van der Waals surface area contributed by atoms with Crippen LogP contribution < -0.4 is 25.4 Å². The maximum atomic E-state index is 10.7. The van der Waals surface area contributed by atoms with Gasteiger partial charge in [-0.1, -0.05) is 7.43 Å². The first kappa shape index (κ1) is 34.0. The molecule has 0 aliphatic heterocycles. The molecule has 0 heterocycles. The number of phenolic OH excluding ortho intramolecular Hbond substituents is 2. The van der Waals surface area contributed by atoms with Crippen LogP contribution in [0.1, 0.15) is 69.9 Å². The monoisotopic (exact) mass is 602 g/mol. The van der Waals surface area contributed by atoms with E-state index in [1.54, 1.807) is 0 Å². The summed E-state index contributed by atoms with van der Waals surface area (Å²) in [4.78, 5) is 0. The van der Waals surface area contributed by atoms with Gasteiger partial charge in [-0.25, -0.2) is 0 Å². The minimum Gasteiger partial charge on any atom is -0.504 e. The third-order valence-corrected chi connectivity index (χ3v) is 13.7. The Balaban J connectivity index is 0.00000506. The zero-order valence-corrected chi connectivity index (χ0v) is 26.4. The van der Waals surface area contributed by atoms with E-state index in [9.17, 15) is 10.2 Å². The quantitative estimate of drug-likeness (QED) is 0.0768. The molecular weight excluding hydrogens is 551 g/mol. The van der Waals surface area contributed by atoms with Gasteiger partial charge in [0.25, 0.3) is 0 Å². The van der Waals surface area contributed by atoms with Crippen LogP contribution in [0.2, 0.25) is 0 Å². The Hall–Kier alpha value is -3.49. The third kappa shape index (κ3) is 7.92. The number of ether oxygens (including phenoxy) is 2. The Bertz CT molecular complexity index is 1280. The summed E-state index contributed by atoms with van der Waals surface area (Å²) in [5, 5.41) is 25.7. The predicted molar refractivity (Wildman–Crippen MR) is 186 cm³/mol. The zero-order chi connectivity index (χ0) is 29.8. The summed E-state index contributed by atoms with van der Waals surface area (Å²) >= 11 is 0. The van der Waals surface area contributed by atoms with Crippen LogP contribution >= 0.6 is 7.26 Å². The van der Waals surface area contributed by atoms with Crippen molar-refractivity contribution >= 4 is 23.2 Å². The molecule has 0 aromatic heterocycles. The molecular formula is C38H51O4P. The molecule has 4 rings (SSSR count). The van der Waals surface area contributed by atoms with Gasteiger partial charge in [0.05, 0.1) is 14.2 Å². The van der Waals surface area contributed by atoms with Crippen molar-refractivity contribution < 1.29 is 19.7 Å². The molecule has 2 N–H and O–H groups in total. The maximum absolute atomic E-state index is 10.7. The number of hydrogen-bond donors (Lipinski definition) is 2. The standard InChI is InChI=1S/C37H47O4P.CH4/c1-29-33(35(39)37(41-3)36(40-2)34(29)38)27-19-8-6-4-5-7-9-20-28-42(30-21-13-10-14-22-30,31-23-15-11-16-24-31)32-25-17-12-18-26-32;/h10-18,21-26,38-39,42H,4-9,19-20,27-28H2,1-3H3;1H4. The van der Waals surface area contributed by atoms with Crippen LogP contribution in [0, 0.1) is 6.92 Å². The molecule has 4 aromatic rings. The number of rotatable bonds is 16. The molecule has 0 saturated heterocycles. The Kier molecular flexibility index (Phi) is 13.4. The van der Waals surface area contributed by atoms with E-state index in [2.05, 4.69) is 91.0 Å². The summed E-state index contributed by atoms with van der Waals surface area (Å²) in [5.74, 6) is 0.508. The smallest absolute Gasteiger partial charge is 0.504 e. The fourth-order valence-electron chi connectivity index (χ4n) is 6.38. The number of hydrogen-bond acceptors (Lipinski definition) is 4. The SMILES string of the molecule is C.COc1c(O)c(C)c(CCCCCCCCCC[PH](c2ccccc2)(c2ccccc2)c2ccccc2)c(O)c1OC. The van der Waals surface area contributed by atoms with Crippen LogP contribution in [-0.2, 0) is 6.42 Å². The summed E-state index contributed by atoms with van der Waals surface area (Å²) < 4.78 is 10.5. The fraction of sp³-hybridized carbons (Fsp3) is 0.368. The molecule has 0 atom stereocenters. The Morgan fingerprint density at radius 1 is 0.535 bits per heavy atom. The first-order valence-corrected chi connectivity index (χ1v) is 17.6. The Morgan fingerprint density at radius 3 is 1.33 bits per heavy atom. The molecule has 0 amide bonds. The molecule has 0 aliphatic rings. The van der Waals surface area contributed by atoms with Crippen molar-refractivity contribution in [3.8, 4) is 23.0 Å². The minimum atomic E-state index is -2.12. The van der Waals surface area contributed by atoms with Gasteiger partial charge in [0.2, 0.25) is 11.5 Å². The van der Waals surface area contributed by atoms with Gasteiger partial charge in [-0.3, -0.25) is 0 Å². The van der Waals surface area contributed by atoms with Crippen molar-refractivity contribution in [2.24, 2.45) is 0 Å². The molecule has 0 bridgehead atoms. The molecule has 0 aliphatic carbocycles. The third-order valence-electron chi connectivity index (χ3n) is 8.67. The first-order chi connectivity index (χ1) is 20.5. The summed E-state index contributed by atoms with van der Waals surface area (Å²) in [6.45, 7) is 1.82. The summed E-state index contributed by atoms with van der Waals surface area (Å²) in [6, 6.07) is 33.6. The van der Waals surface area contributed by atoms with Gasteiger partial charge < -0.3 is 19.7 Å². The average molecular weight is 603 g/mol. The number of unbranched alkanes of at least 4 members (excludes halogenated alkanes) is 7. The Labute approximate surface area is 260 Å². The van der Waals surface area contributed by atoms with Gasteiger partial charge in [0.1, 0.15) is 0 Å². The number of aromatic hydroxyl groups is 2. The van der Waals surface area contributed by atoms with Gasteiger partial charge >= 0.3 is 195 Å². The topological polar surface area (TPSA) is 58.9 Å². The van der Waals surface area contributed by atoms with Crippen molar-refractivity contribution in [1.29, 1.82) is 0 Å². The van der Waals surface area contributed by atoms with E-state index in [4.69, 9.17) is 9.47 Å². The van der Waals surface area contributed by atoms with Gasteiger partial charge in [-0.2, -0.15) is 0 Å². The van der Waals surface area contributed by atoms with Crippen LogP contribution in [0.5, 0.6) is 23.0 Å². The van der Waals surface area contributed by atoms with E-state index in [-0.39, 0.29) is 30.4 Å². The summed E-state index contributed by atoms with van der Waals surface area (Å²) in [6.07, 6.45) is 11.4. The zero-order valence-electron chi connectivity index (χ0n) is 25.4. The molecule has 0 radical (unpaired) electrons. The summed E-state index contributed by atoms with van der Waals surface area (Å²) in [5.41, 5.74) is 1.40. The first-order valence-electron chi connectivity index (χ1n) is 15.4.